The number of esters is 4. The number of nitrogens with zero attached hydrogens (tertiary/aromatic N) is 4. The van der Waals surface area contributed by atoms with Gasteiger partial charge in [0.2, 0.25) is 35.4 Å². The van der Waals surface area contributed by atoms with Gasteiger partial charge in [-0.1, -0.05) is 52.0 Å². The van der Waals surface area contributed by atoms with Gasteiger partial charge in [-0.15, -0.1) is 0 Å². The molecular weight excluding hydrogens is 1330 g/mol. The van der Waals surface area contributed by atoms with E-state index in [4.69, 9.17) is 38.6 Å². The number of ether oxygens (including phenoxy) is 10. The average Bonchev–Trinajstić information content (AvgIpc) is 1.58. The van der Waals surface area contributed by atoms with Crippen LogP contribution in [-0.2, 0) is 124 Å². The highest BCUT2D eigenvalue weighted by atomic mass is 16.6. The molecule has 36 nitrogen and oxygen atoms in total. The predicted molar refractivity (Wildman–Crippen MR) is 333 cm³/mol. The number of fused-ring (bicyclic) bond motifs is 12. The van der Waals surface area contributed by atoms with Gasteiger partial charge in [0.15, 0.2) is 24.4 Å². The third-order valence-corrected chi connectivity index (χ3v) is 19.1. The first-order chi connectivity index (χ1) is 45.9. The molecule has 0 bridgehead atoms. The molecule has 0 aromatic rings. The predicted octanol–water partition coefficient (Wildman–Crippen LogP) is -3.69. The third kappa shape index (κ3) is 16.1. The zero-order chi connectivity index (χ0) is 72.0. The number of likely N-dealkylation sites (N-methyl/N-ethyl adjacent to an activating group) is 2. The number of hydrogen-bond acceptors (Lipinski definition) is 28. The molecule has 18 atom stereocenters. The first kappa shape index (κ1) is 79.1. The van der Waals surface area contributed by atoms with Crippen molar-refractivity contribution in [3.05, 3.63) is 23.3 Å². The Hall–Kier alpha value is -8.20. The number of carboxylic acids is 2. The molecule has 0 radical (unpaired) electrons. The summed E-state index contributed by atoms with van der Waals surface area (Å²) in [6, 6.07) is -1.33. The number of nitrogens with one attached hydrogen (secondary N) is 4. The van der Waals surface area contributed by atoms with E-state index >= 15 is 0 Å². The molecule has 552 valence electrons. The van der Waals surface area contributed by atoms with E-state index in [2.05, 4.69) is 47.1 Å². The minimum absolute atomic E-state index is 0. The van der Waals surface area contributed by atoms with Crippen molar-refractivity contribution >= 4 is 94.9 Å². The van der Waals surface area contributed by atoms with Gasteiger partial charge < -0.3 is 78.0 Å². The molecule has 12 saturated heterocycles. The van der Waals surface area contributed by atoms with Gasteiger partial charge in [-0.05, 0) is 72.8 Å². The number of piperidine rings is 2. The number of hydrogen-bond donors (Lipinski definition) is 6. The summed E-state index contributed by atoms with van der Waals surface area (Å²) in [4.78, 5) is 188. The number of rotatable bonds is 8. The van der Waals surface area contributed by atoms with Crippen molar-refractivity contribution in [2.75, 3.05) is 93.1 Å². The van der Waals surface area contributed by atoms with E-state index in [1.807, 2.05) is 53.7 Å². The summed E-state index contributed by atoms with van der Waals surface area (Å²) in [6.45, 7) is 15.4. The van der Waals surface area contributed by atoms with Crippen LogP contribution in [0.5, 0.6) is 0 Å². The number of carbonyl (C=O) groups is 16. The molecular formula is C64H88N8O28. The molecule has 100 heavy (non-hydrogen) atoms. The van der Waals surface area contributed by atoms with E-state index in [1.54, 1.807) is 6.92 Å². The van der Waals surface area contributed by atoms with Crippen molar-refractivity contribution in [1.29, 1.82) is 0 Å². The second-order valence-corrected chi connectivity index (χ2v) is 27.2. The molecule has 36 heteroatoms. The molecule has 0 unspecified atom stereocenters. The Morgan fingerprint density at radius 2 is 0.960 bits per heavy atom. The summed E-state index contributed by atoms with van der Waals surface area (Å²) in [6.07, 6.45) is 2.42. The van der Waals surface area contributed by atoms with Gasteiger partial charge in [0.05, 0.1) is 59.0 Å². The molecule has 0 spiro atoms. The van der Waals surface area contributed by atoms with E-state index in [0.29, 0.717) is 18.9 Å². The molecule has 0 aliphatic carbocycles. The quantitative estimate of drug-likeness (QED) is 0.0590. The zero-order valence-electron chi connectivity index (χ0n) is 55.4. The minimum Gasteiger partial charge on any atom is -0.480 e. The van der Waals surface area contributed by atoms with Crippen LogP contribution in [0.15, 0.2) is 23.3 Å². The van der Waals surface area contributed by atoms with Gasteiger partial charge in [0, 0.05) is 33.7 Å². The molecule has 6 N–H and O–H groups in total. The average molecular weight is 1420 g/mol. The smallest absolute Gasteiger partial charge is 0.339 e. The Morgan fingerprint density at radius 1 is 0.510 bits per heavy atom. The fraction of sp³-hybridized carbons (Fsp3) is 0.688. The lowest BCUT2D eigenvalue weighted by Gasteiger charge is -2.47. The summed E-state index contributed by atoms with van der Waals surface area (Å²) >= 11 is 0. The largest absolute Gasteiger partial charge is 0.480 e. The zero-order valence-corrected chi connectivity index (χ0v) is 55.4. The lowest BCUT2D eigenvalue weighted by Crippen LogP contribution is -2.61. The molecule has 14 aliphatic heterocycles. The Balaban J connectivity index is 0.000000175. The summed E-state index contributed by atoms with van der Waals surface area (Å²) in [5.74, 6) is -9.72. The normalized spacial score (nSPS) is 36.7. The SMILES string of the molecule is C.C.CC1=C[C@]2(C)O[C@@H]3C(=O)N(C)C(=O)[C@@H]3[C@@H]2N(C(=O)COCC(=O)O)C1.CC1=C[C@]2(C)O[C@@H]3C(=O)N(C)C(=O)[C@@H]3[C@@H]2NC1.C[C@@H]1CN(C(=O)COCC(=O)O)[C@H]2[C@H]3C(=O)NC(=O)[C@H]3O[C@@]2(C)C1.C[C@@H]1CN[C@H]2[C@H]3C(=O)NC(=O)[C@H]3O[C@@]2(C)C1.O=C1COCC(=O)O1.O=C1COCC(=O)O1. The Kier molecular flexibility index (Phi) is 24.5. The van der Waals surface area contributed by atoms with Crippen LogP contribution in [0.25, 0.3) is 0 Å². The van der Waals surface area contributed by atoms with Crippen LogP contribution in [0, 0.1) is 35.5 Å². The van der Waals surface area contributed by atoms with Crippen molar-refractivity contribution in [2.45, 2.75) is 154 Å². The minimum atomic E-state index is -1.17. The first-order valence-electron chi connectivity index (χ1n) is 31.6. The topological polar surface area (TPSA) is 467 Å². The summed E-state index contributed by atoms with van der Waals surface area (Å²) < 4.78 is 50.4. The summed E-state index contributed by atoms with van der Waals surface area (Å²) in [5, 5.41) is 28.5. The molecule has 10 amide bonds. The Morgan fingerprint density at radius 3 is 1.47 bits per heavy atom. The lowest BCUT2D eigenvalue weighted by molar-refractivity contribution is -0.176. The highest BCUT2D eigenvalue weighted by Gasteiger charge is 2.68. The van der Waals surface area contributed by atoms with Gasteiger partial charge in [0.1, 0.15) is 64.1 Å². The monoisotopic (exact) mass is 1420 g/mol. The van der Waals surface area contributed by atoms with Crippen LogP contribution < -0.4 is 21.3 Å². The van der Waals surface area contributed by atoms with Gasteiger partial charge in [-0.3, -0.25) is 68.4 Å². The van der Waals surface area contributed by atoms with E-state index < -0.39 is 157 Å². The highest BCUT2D eigenvalue weighted by molar-refractivity contribution is 6.10. The molecule has 14 aliphatic rings. The fourth-order valence-electron chi connectivity index (χ4n) is 15.6. The van der Waals surface area contributed by atoms with Crippen LogP contribution in [0.3, 0.4) is 0 Å². The molecule has 0 aromatic heterocycles. The number of carbonyl (C=O) groups excluding carboxylic acids is 14. The molecule has 0 saturated carbocycles. The van der Waals surface area contributed by atoms with Crippen molar-refractivity contribution in [3.63, 3.8) is 0 Å². The summed E-state index contributed by atoms with van der Waals surface area (Å²) in [7, 11) is 2.92. The molecule has 12 fully saturated rings. The lowest BCUT2D eigenvalue weighted by atomic mass is 9.77. The highest BCUT2D eigenvalue weighted by Crippen LogP contribution is 2.50. The standard InChI is InChI=1S/C16H20N2O7.C15H20N2O7.C12H16N2O3.C11H16N2O3.2C4H4O4.2CH4/c1-8-4-16(2)13(11-12(25-16)15(23)17(3)14(11)22)18(5-8)9(19)6-24-7-10(20)21;1-7-3-15(2)12(10-11(24-15)14(22)16-13(10)21)17(4-7)8(18)5-23-6-9(19)20;1-6-4-12(2)9(13-5-6)7-8(17-12)11(16)14(3)10(7)15;1-5-3-11(2)8(12-4-5)6-7(16-11)10(15)13-9(6)14;2*5-3-1-7-2-4(6)8-3;;/h4,11-13H,5-7H2,1-3H3,(H,20,21);7,10-12H,3-6H2,1-2H3,(H,19,20)(H,16,21,22);4,7-9,13H,5H2,1-3H3;5-8,12H,3-4H2,1-2H3,(H,13,14,15);2*1-2H2;2*1H4/t11-,12-,13-,16-;7-,10-,11-,12-,15-;7-,8-,9-,12-;5-,6-,7-,8-,11-;;;;/m0000..../s1. The fourth-order valence-corrected chi connectivity index (χ4v) is 15.6. The number of aliphatic carboxylic acids is 2. The Labute approximate surface area is 574 Å². The van der Waals surface area contributed by atoms with Crippen LogP contribution >= 0.6 is 0 Å². The van der Waals surface area contributed by atoms with Crippen LogP contribution in [0.2, 0.25) is 0 Å². The van der Waals surface area contributed by atoms with Gasteiger partial charge in [0.25, 0.3) is 23.6 Å². The van der Waals surface area contributed by atoms with E-state index in [-0.39, 0.29) is 113 Å². The number of likely N-dealkylation sites (tertiary alicyclic amines) is 3. The maximum absolute atomic E-state index is 12.6. The third-order valence-electron chi connectivity index (χ3n) is 19.1. The summed E-state index contributed by atoms with van der Waals surface area (Å²) in [5.41, 5.74) is -0.615. The van der Waals surface area contributed by atoms with Crippen LogP contribution in [0.4, 0.5) is 0 Å². The van der Waals surface area contributed by atoms with Crippen molar-refractivity contribution in [1.82, 2.24) is 40.9 Å². The maximum Gasteiger partial charge on any atom is 0.339 e. The molecule has 14 rings (SSSR count). The maximum atomic E-state index is 12.6. The van der Waals surface area contributed by atoms with E-state index in [9.17, 15) is 76.7 Å². The van der Waals surface area contributed by atoms with E-state index in [1.165, 1.54) is 34.4 Å². The Bertz CT molecular complexity index is 3370. The van der Waals surface area contributed by atoms with Crippen LogP contribution in [-0.4, -0.2) is 289 Å². The van der Waals surface area contributed by atoms with Crippen molar-refractivity contribution in [3.8, 4) is 0 Å². The van der Waals surface area contributed by atoms with Crippen LogP contribution in [0.1, 0.15) is 83.1 Å². The molecule has 0 aromatic carbocycles. The number of carboxylic acid groups (broad SMARTS) is 2. The van der Waals surface area contributed by atoms with Gasteiger partial charge in [-0.2, -0.15) is 0 Å². The van der Waals surface area contributed by atoms with Crippen molar-refractivity contribution in [2.24, 2.45) is 35.5 Å². The molecule has 14 heterocycles. The van der Waals surface area contributed by atoms with E-state index in [0.717, 1.165) is 30.0 Å². The second kappa shape index (κ2) is 31.0. The van der Waals surface area contributed by atoms with Gasteiger partial charge >= 0.3 is 35.8 Å². The number of cyclic esters (lactones) is 4. The van der Waals surface area contributed by atoms with Crippen molar-refractivity contribution < 1.29 is 134 Å². The first-order valence-corrected chi connectivity index (χ1v) is 31.6. The van der Waals surface area contributed by atoms with Gasteiger partial charge in [-0.25, -0.2) is 28.8 Å². The second-order valence-electron chi connectivity index (χ2n) is 27.2. The number of amides is 10. The number of imide groups is 4.